The molecule has 0 bridgehead atoms. The summed E-state index contributed by atoms with van der Waals surface area (Å²) in [6.45, 7) is 0. The van der Waals surface area contributed by atoms with Crippen molar-refractivity contribution in [3.8, 4) is 78.7 Å². The number of fused-ring (bicyclic) bond motifs is 19. The Morgan fingerprint density at radius 3 is 1.51 bits per heavy atom. The van der Waals surface area contributed by atoms with E-state index >= 15 is 0 Å². The lowest BCUT2D eigenvalue weighted by Crippen LogP contribution is -2.25. The van der Waals surface area contributed by atoms with Gasteiger partial charge in [-0.2, -0.15) is 0 Å². The Hall–Kier alpha value is -9.75. The van der Waals surface area contributed by atoms with E-state index < -0.39 is 5.41 Å². The molecule has 1 spiro atoms. The van der Waals surface area contributed by atoms with Gasteiger partial charge in [0.25, 0.3) is 0 Å². The predicted octanol–water partition coefficient (Wildman–Crippen LogP) is 18.7. The average Bonchev–Trinajstić information content (AvgIpc) is 4.35. The number of para-hydroxylation sites is 1. The number of aromatic nitrogens is 3. The van der Waals surface area contributed by atoms with Crippen molar-refractivity contribution in [2.24, 2.45) is 0 Å². The van der Waals surface area contributed by atoms with Crippen molar-refractivity contribution in [1.82, 2.24) is 15.0 Å². The molecule has 4 aromatic heterocycles. The van der Waals surface area contributed by atoms with Crippen LogP contribution >= 0.6 is 11.3 Å². The molecule has 2 aliphatic rings. The highest BCUT2D eigenvalue weighted by molar-refractivity contribution is 7.25. The molecule has 76 heavy (non-hydrogen) atoms. The number of furan rings is 2. The minimum Gasteiger partial charge on any atom is -0.456 e. The largest absolute Gasteiger partial charge is 0.456 e. The van der Waals surface area contributed by atoms with E-state index in [9.17, 15) is 0 Å². The number of hydrogen-bond acceptors (Lipinski definition) is 6. The molecular formula is C70H39N3O2S. The molecule has 11 aromatic carbocycles. The summed E-state index contributed by atoms with van der Waals surface area (Å²) >= 11 is 1.79. The zero-order chi connectivity index (χ0) is 49.6. The fourth-order valence-electron chi connectivity index (χ4n) is 13.0. The summed E-state index contributed by atoms with van der Waals surface area (Å²) in [4.78, 5) is 16.0. The van der Waals surface area contributed by atoms with E-state index in [1.807, 2.05) is 42.5 Å². The Labute approximate surface area is 439 Å². The van der Waals surface area contributed by atoms with E-state index in [-0.39, 0.29) is 0 Å². The van der Waals surface area contributed by atoms with E-state index in [4.69, 9.17) is 23.8 Å². The van der Waals surface area contributed by atoms with Gasteiger partial charge in [0.1, 0.15) is 22.3 Å². The lowest BCUT2D eigenvalue weighted by atomic mass is 9.70. The first kappa shape index (κ1) is 41.7. The quantitative estimate of drug-likeness (QED) is 0.172. The second kappa shape index (κ2) is 15.6. The third-order valence-corrected chi connectivity index (χ3v) is 17.3. The highest BCUT2D eigenvalue weighted by Crippen LogP contribution is 2.64. The molecule has 17 rings (SSSR count). The fraction of sp³-hybridized carbons (Fsp3) is 0.0143. The monoisotopic (exact) mass is 985 g/mol. The molecule has 0 saturated heterocycles. The molecular weight excluding hydrogens is 947 g/mol. The van der Waals surface area contributed by atoms with E-state index in [1.165, 1.54) is 75.8 Å². The molecule has 0 unspecified atom stereocenters. The Kier molecular flexibility index (Phi) is 8.58. The molecule has 5 nitrogen and oxygen atoms in total. The SMILES string of the molecule is c1ccc2c(c1)-c1ccccc1C21c2ccccc2-c2c(-c3ccc(-c4ccc5oc6cccc(-c7nc(-c8ccc9c(c8)sc8ccccc89)nc(-c8cccc9oc%10ccccc%10c89)n7)c6c5c4)cc3)cccc21. The smallest absolute Gasteiger partial charge is 0.164 e. The number of hydrogen-bond donors (Lipinski definition) is 0. The van der Waals surface area contributed by atoms with Gasteiger partial charge in [-0.25, -0.2) is 15.0 Å². The van der Waals surface area contributed by atoms with Gasteiger partial charge < -0.3 is 8.83 Å². The maximum Gasteiger partial charge on any atom is 0.164 e. The molecule has 15 aromatic rings. The van der Waals surface area contributed by atoms with Crippen molar-refractivity contribution in [2.45, 2.75) is 5.41 Å². The van der Waals surface area contributed by atoms with Crippen LogP contribution < -0.4 is 0 Å². The van der Waals surface area contributed by atoms with Crippen LogP contribution in [0.1, 0.15) is 22.3 Å². The molecule has 0 saturated carbocycles. The summed E-state index contributed by atoms with van der Waals surface area (Å²) in [7, 11) is 0. The van der Waals surface area contributed by atoms with Gasteiger partial charge in [0, 0.05) is 58.4 Å². The van der Waals surface area contributed by atoms with Crippen LogP contribution in [0.2, 0.25) is 0 Å². The van der Waals surface area contributed by atoms with Crippen molar-refractivity contribution in [3.63, 3.8) is 0 Å². The number of thiophene rings is 1. The number of rotatable bonds is 5. The molecule has 0 aliphatic heterocycles. The summed E-state index contributed by atoms with van der Waals surface area (Å²) in [5.74, 6) is 1.72. The van der Waals surface area contributed by atoms with Crippen LogP contribution in [0.15, 0.2) is 245 Å². The van der Waals surface area contributed by atoms with E-state index in [0.29, 0.717) is 17.5 Å². The summed E-state index contributed by atoms with van der Waals surface area (Å²) < 4.78 is 15.5. The minimum absolute atomic E-state index is 0.391. The van der Waals surface area contributed by atoms with Crippen LogP contribution in [0.25, 0.3) is 143 Å². The van der Waals surface area contributed by atoms with Gasteiger partial charge in [-0.05, 0) is 109 Å². The Bertz CT molecular complexity index is 4920. The predicted molar refractivity (Wildman–Crippen MR) is 311 cm³/mol. The van der Waals surface area contributed by atoms with Crippen molar-refractivity contribution in [3.05, 3.63) is 259 Å². The first-order chi connectivity index (χ1) is 37.7. The highest BCUT2D eigenvalue weighted by atomic mass is 32.1. The summed E-state index contributed by atoms with van der Waals surface area (Å²) in [6, 6.07) is 85.1. The summed E-state index contributed by atoms with van der Waals surface area (Å²) in [5.41, 5.74) is 20.6. The molecule has 0 fully saturated rings. The third kappa shape index (κ3) is 5.76. The number of benzene rings is 11. The molecule has 0 N–H and O–H groups in total. The standard InChI is InChI=1S/C70H39N3O2S/c1-6-22-54-45(14-1)46-15-2-7-23-55(46)70(54)56-24-8-3-17-49(56)64-44(19-11-25-57(64)70)41-32-30-40(31-33-41)42-35-37-59-53(38-42)66-52(21-13-28-61(66)75-59)69-72-67(43-34-36-48-47-16-5-10-29-62(47)76-63(48)39-43)71-68(73-69)51-20-12-27-60-65(51)50-18-4-9-26-58(50)74-60/h1-39H. The van der Waals surface area contributed by atoms with Gasteiger partial charge in [0.15, 0.2) is 17.5 Å². The first-order valence-electron chi connectivity index (χ1n) is 25.7. The van der Waals surface area contributed by atoms with Gasteiger partial charge >= 0.3 is 0 Å². The van der Waals surface area contributed by atoms with Gasteiger partial charge in [-0.3, -0.25) is 0 Å². The topological polar surface area (TPSA) is 65.0 Å². The molecule has 0 radical (unpaired) electrons. The molecule has 6 heteroatoms. The van der Waals surface area contributed by atoms with Crippen molar-refractivity contribution < 1.29 is 8.83 Å². The Balaban J connectivity index is 0.805. The molecule has 0 amide bonds. The maximum absolute atomic E-state index is 6.66. The zero-order valence-electron chi connectivity index (χ0n) is 40.6. The van der Waals surface area contributed by atoms with Crippen LogP contribution in [-0.4, -0.2) is 15.0 Å². The van der Waals surface area contributed by atoms with Gasteiger partial charge in [-0.15, -0.1) is 11.3 Å². The van der Waals surface area contributed by atoms with Crippen LogP contribution in [0.4, 0.5) is 0 Å². The van der Waals surface area contributed by atoms with E-state index in [2.05, 4.69) is 194 Å². The Morgan fingerprint density at radius 2 is 0.776 bits per heavy atom. The minimum atomic E-state index is -0.391. The van der Waals surface area contributed by atoms with Crippen LogP contribution in [0.5, 0.6) is 0 Å². The fourth-order valence-corrected chi connectivity index (χ4v) is 14.1. The molecule has 0 atom stereocenters. The van der Waals surface area contributed by atoms with E-state index in [1.54, 1.807) is 11.3 Å². The Morgan fingerprint density at radius 1 is 0.289 bits per heavy atom. The summed E-state index contributed by atoms with van der Waals surface area (Å²) in [6.07, 6.45) is 0. The maximum atomic E-state index is 6.66. The average molecular weight is 986 g/mol. The van der Waals surface area contributed by atoms with Crippen molar-refractivity contribution in [2.75, 3.05) is 0 Å². The van der Waals surface area contributed by atoms with Gasteiger partial charge in [-0.1, -0.05) is 194 Å². The van der Waals surface area contributed by atoms with Crippen LogP contribution in [-0.2, 0) is 5.41 Å². The van der Waals surface area contributed by atoms with Gasteiger partial charge in [0.2, 0.25) is 0 Å². The second-order valence-corrected chi connectivity index (χ2v) is 21.2. The molecule has 2 aliphatic carbocycles. The third-order valence-electron chi connectivity index (χ3n) is 16.2. The normalized spacial score (nSPS) is 13.1. The first-order valence-corrected chi connectivity index (χ1v) is 26.5. The van der Waals surface area contributed by atoms with Crippen LogP contribution in [0.3, 0.4) is 0 Å². The molecule has 352 valence electrons. The number of nitrogens with zero attached hydrogens (tertiary/aromatic N) is 3. The van der Waals surface area contributed by atoms with Crippen molar-refractivity contribution in [1.29, 1.82) is 0 Å². The van der Waals surface area contributed by atoms with Crippen LogP contribution in [0, 0.1) is 0 Å². The lowest BCUT2D eigenvalue weighted by molar-refractivity contribution is 0.668. The lowest BCUT2D eigenvalue weighted by Gasteiger charge is -2.30. The highest BCUT2D eigenvalue weighted by Gasteiger charge is 2.52. The second-order valence-electron chi connectivity index (χ2n) is 20.1. The van der Waals surface area contributed by atoms with Gasteiger partial charge in [0.05, 0.1) is 5.41 Å². The zero-order valence-corrected chi connectivity index (χ0v) is 41.4. The molecule has 4 heterocycles. The summed E-state index contributed by atoms with van der Waals surface area (Å²) in [5, 5.41) is 6.40. The van der Waals surface area contributed by atoms with E-state index in [0.717, 1.165) is 71.7 Å². The van der Waals surface area contributed by atoms with Crippen molar-refractivity contribution >= 4 is 75.4 Å².